The van der Waals surface area contributed by atoms with Crippen LogP contribution < -0.4 is 10.6 Å². The van der Waals surface area contributed by atoms with Gasteiger partial charge in [-0.2, -0.15) is 0 Å². The number of nitrogens with one attached hydrogen (secondary N) is 2. The maximum Gasteiger partial charge on any atom is 0.354 e. The van der Waals surface area contributed by atoms with E-state index in [-0.39, 0.29) is 18.3 Å². The molecule has 0 saturated carbocycles. The second kappa shape index (κ2) is 6.85. The molecule has 0 aliphatic heterocycles. The minimum atomic E-state index is -1.08. The molecule has 0 aliphatic rings. The molecule has 3 N–H and O–H groups in total. The van der Waals surface area contributed by atoms with Crippen molar-refractivity contribution in [3.05, 3.63) is 29.6 Å². The Morgan fingerprint density at radius 2 is 2.10 bits per heavy atom. The van der Waals surface area contributed by atoms with E-state index in [1.165, 1.54) is 12.3 Å². The highest BCUT2D eigenvalue weighted by atomic mass is 16.5. The van der Waals surface area contributed by atoms with Crippen LogP contribution in [-0.4, -0.2) is 41.3 Å². The van der Waals surface area contributed by atoms with Gasteiger partial charge in [-0.1, -0.05) is 6.07 Å². The van der Waals surface area contributed by atoms with E-state index in [9.17, 15) is 9.59 Å². The molecule has 1 heterocycles. The van der Waals surface area contributed by atoms with Gasteiger partial charge in [-0.15, -0.1) is 0 Å². The summed E-state index contributed by atoms with van der Waals surface area (Å²) in [6.45, 7) is 4.36. The number of carboxylic acids is 1. The first-order valence-corrected chi connectivity index (χ1v) is 6.07. The number of ether oxygens (including phenoxy) is 1. The van der Waals surface area contributed by atoms with E-state index in [1.807, 2.05) is 13.8 Å². The lowest BCUT2D eigenvalue weighted by atomic mass is 10.1. The van der Waals surface area contributed by atoms with Crippen LogP contribution in [0.3, 0.4) is 0 Å². The molecule has 7 heteroatoms. The number of carbonyl (C=O) groups excluding carboxylic acids is 1. The van der Waals surface area contributed by atoms with Crippen molar-refractivity contribution in [2.24, 2.45) is 0 Å². The summed E-state index contributed by atoms with van der Waals surface area (Å²) in [7, 11) is 1.57. The molecular weight excluding hydrogens is 262 g/mol. The molecule has 0 fully saturated rings. The lowest BCUT2D eigenvalue weighted by Crippen LogP contribution is -2.50. The number of methoxy groups -OCH3 is 1. The van der Waals surface area contributed by atoms with Gasteiger partial charge in [0.2, 0.25) is 0 Å². The van der Waals surface area contributed by atoms with Crippen molar-refractivity contribution in [2.75, 3.05) is 13.7 Å². The van der Waals surface area contributed by atoms with Crippen LogP contribution in [0.1, 0.15) is 29.9 Å². The van der Waals surface area contributed by atoms with Crippen LogP contribution in [0.25, 0.3) is 0 Å². The minimum absolute atomic E-state index is 0.0283. The molecule has 1 aromatic rings. The number of aromatic nitrogens is 1. The highest BCUT2D eigenvalue weighted by Gasteiger charge is 2.19. The summed E-state index contributed by atoms with van der Waals surface area (Å²) >= 11 is 0. The Morgan fingerprint density at radius 3 is 2.60 bits per heavy atom. The van der Waals surface area contributed by atoms with Crippen molar-refractivity contribution in [1.29, 1.82) is 0 Å². The van der Waals surface area contributed by atoms with Gasteiger partial charge in [-0.05, 0) is 25.5 Å². The van der Waals surface area contributed by atoms with Gasteiger partial charge in [0.25, 0.3) is 0 Å². The number of carboxylic acid groups (broad SMARTS) is 1. The molecule has 20 heavy (non-hydrogen) atoms. The van der Waals surface area contributed by atoms with Gasteiger partial charge in [0, 0.05) is 19.9 Å². The lowest BCUT2D eigenvalue weighted by molar-refractivity contribution is 0.0690. The van der Waals surface area contributed by atoms with Crippen molar-refractivity contribution < 1.29 is 19.4 Å². The average Bonchev–Trinajstić information content (AvgIpc) is 2.36. The number of urea groups is 1. The Balaban J connectivity index is 2.46. The predicted molar refractivity (Wildman–Crippen MR) is 72.5 cm³/mol. The maximum absolute atomic E-state index is 11.7. The van der Waals surface area contributed by atoms with Crippen LogP contribution in [0.15, 0.2) is 18.3 Å². The van der Waals surface area contributed by atoms with Gasteiger partial charge >= 0.3 is 12.0 Å². The number of rotatable bonds is 6. The molecule has 0 aromatic carbocycles. The van der Waals surface area contributed by atoms with Gasteiger partial charge in [0.05, 0.1) is 12.1 Å². The van der Waals surface area contributed by atoms with Crippen LogP contribution >= 0.6 is 0 Å². The fourth-order valence-electron chi connectivity index (χ4n) is 1.59. The standard InChI is InChI=1S/C13H19N3O4/c1-13(2,8-20-3)16-12(19)15-7-9-4-5-10(11(17)18)14-6-9/h4-6H,7-8H2,1-3H3,(H,17,18)(H2,15,16,19). The molecule has 7 nitrogen and oxygen atoms in total. The largest absolute Gasteiger partial charge is 0.477 e. The number of hydrogen-bond acceptors (Lipinski definition) is 4. The predicted octanol–water partition coefficient (Wildman–Crippen LogP) is 1.00. The molecule has 0 saturated heterocycles. The Kier molecular flexibility index (Phi) is 5.45. The van der Waals surface area contributed by atoms with Gasteiger partial charge in [0.1, 0.15) is 5.69 Å². The molecule has 0 aliphatic carbocycles. The number of pyridine rings is 1. The van der Waals surface area contributed by atoms with Gasteiger partial charge in [-0.3, -0.25) is 0 Å². The second-order valence-electron chi connectivity index (χ2n) is 4.98. The van der Waals surface area contributed by atoms with E-state index < -0.39 is 11.5 Å². The Bertz CT molecular complexity index is 471. The second-order valence-corrected chi connectivity index (χ2v) is 4.98. The van der Waals surface area contributed by atoms with E-state index in [4.69, 9.17) is 9.84 Å². The van der Waals surface area contributed by atoms with Crippen molar-refractivity contribution in [3.8, 4) is 0 Å². The summed E-state index contributed by atoms with van der Waals surface area (Å²) in [5, 5.41) is 14.2. The third-order valence-electron chi connectivity index (χ3n) is 2.45. The SMILES string of the molecule is COCC(C)(C)NC(=O)NCc1ccc(C(=O)O)nc1. The van der Waals surface area contributed by atoms with Crippen LogP contribution in [0.4, 0.5) is 4.79 Å². The van der Waals surface area contributed by atoms with Crippen molar-refractivity contribution in [1.82, 2.24) is 15.6 Å². The Hall–Kier alpha value is -2.15. The van der Waals surface area contributed by atoms with Crippen LogP contribution in [0.5, 0.6) is 0 Å². The topological polar surface area (TPSA) is 101 Å². The molecule has 2 amide bonds. The number of nitrogens with zero attached hydrogens (tertiary/aromatic N) is 1. The summed E-state index contributed by atoms with van der Waals surface area (Å²) in [5.74, 6) is -1.08. The zero-order chi connectivity index (χ0) is 15.2. The summed E-state index contributed by atoms with van der Waals surface area (Å²) in [4.78, 5) is 26.1. The third kappa shape index (κ3) is 5.23. The normalized spacial score (nSPS) is 10.9. The van der Waals surface area contributed by atoms with Crippen LogP contribution in [-0.2, 0) is 11.3 Å². The molecule has 0 radical (unpaired) electrons. The van der Waals surface area contributed by atoms with E-state index in [0.717, 1.165) is 5.56 Å². The Labute approximate surface area is 117 Å². The summed E-state index contributed by atoms with van der Waals surface area (Å²) in [5.41, 5.74) is 0.221. The number of amides is 2. The first kappa shape index (κ1) is 15.9. The van der Waals surface area contributed by atoms with Crippen molar-refractivity contribution in [3.63, 3.8) is 0 Å². The molecule has 0 spiro atoms. The van der Waals surface area contributed by atoms with Crippen molar-refractivity contribution >= 4 is 12.0 Å². The summed E-state index contributed by atoms with van der Waals surface area (Å²) < 4.78 is 5.00. The summed E-state index contributed by atoms with van der Waals surface area (Å²) in [6.07, 6.45) is 1.42. The van der Waals surface area contributed by atoms with E-state index in [0.29, 0.717) is 6.61 Å². The molecule has 110 valence electrons. The number of carbonyl (C=O) groups is 2. The van der Waals surface area contributed by atoms with Gasteiger partial charge < -0.3 is 20.5 Å². The average molecular weight is 281 g/mol. The molecule has 0 bridgehead atoms. The quantitative estimate of drug-likeness (QED) is 0.722. The van der Waals surface area contributed by atoms with E-state index in [1.54, 1.807) is 13.2 Å². The minimum Gasteiger partial charge on any atom is -0.477 e. The van der Waals surface area contributed by atoms with Crippen LogP contribution in [0.2, 0.25) is 0 Å². The highest BCUT2D eigenvalue weighted by molar-refractivity contribution is 5.85. The zero-order valence-corrected chi connectivity index (χ0v) is 11.8. The fraction of sp³-hybridized carbons (Fsp3) is 0.462. The van der Waals surface area contributed by atoms with Gasteiger partial charge in [0.15, 0.2) is 0 Å². The molecule has 1 rings (SSSR count). The third-order valence-corrected chi connectivity index (χ3v) is 2.45. The maximum atomic E-state index is 11.7. The molecule has 1 aromatic heterocycles. The number of hydrogen-bond donors (Lipinski definition) is 3. The monoisotopic (exact) mass is 281 g/mol. The molecule has 0 atom stereocenters. The smallest absolute Gasteiger partial charge is 0.354 e. The highest BCUT2D eigenvalue weighted by Crippen LogP contribution is 2.03. The fourth-order valence-corrected chi connectivity index (χ4v) is 1.59. The first-order valence-electron chi connectivity index (χ1n) is 6.07. The first-order chi connectivity index (χ1) is 9.34. The van der Waals surface area contributed by atoms with Crippen molar-refractivity contribution in [2.45, 2.75) is 25.9 Å². The van der Waals surface area contributed by atoms with E-state index in [2.05, 4.69) is 15.6 Å². The Morgan fingerprint density at radius 1 is 1.40 bits per heavy atom. The van der Waals surface area contributed by atoms with Crippen LogP contribution in [0, 0.1) is 0 Å². The van der Waals surface area contributed by atoms with Gasteiger partial charge in [-0.25, -0.2) is 14.6 Å². The van der Waals surface area contributed by atoms with E-state index >= 15 is 0 Å². The molecule has 0 unspecified atom stereocenters. The number of aromatic carboxylic acids is 1. The lowest BCUT2D eigenvalue weighted by Gasteiger charge is -2.25. The zero-order valence-electron chi connectivity index (χ0n) is 11.8. The summed E-state index contributed by atoms with van der Waals surface area (Å²) in [6, 6.07) is 2.68. The molecular formula is C13H19N3O4.